The first-order valence-electron chi connectivity index (χ1n) is 7.50. The normalized spacial score (nSPS) is 14.5. The zero-order valence-corrected chi connectivity index (χ0v) is 13.9. The Morgan fingerprint density at radius 2 is 1.83 bits per heavy atom. The SMILES string of the molecule is Clc1ccc(CN2COc3c(ccc4ccccc34)C2)cc1Cl. The van der Waals surface area contributed by atoms with E-state index in [4.69, 9.17) is 27.9 Å². The fraction of sp³-hybridized carbons (Fsp3) is 0.158. The lowest BCUT2D eigenvalue weighted by molar-refractivity contribution is 0.0904. The maximum absolute atomic E-state index is 6.10. The number of rotatable bonds is 2. The molecule has 116 valence electrons. The van der Waals surface area contributed by atoms with Crippen LogP contribution in [-0.2, 0) is 13.1 Å². The number of hydrogen-bond donors (Lipinski definition) is 0. The molecular weight excluding hydrogens is 329 g/mol. The van der Waals surface area contributed by atoms with Gasteiger partial charge in [-0.05, 0) is 23.1 Å². The van der Waals surface area contributed by atoms with Crippen molar-refractivity contribution >= 4 is 34.0 Å². The molecule has 0 atom stereocenters. The Morgan fingerprint density at radius 1 is 0.957 bits per heavy atom. The van der Waals surface area contributed by atoms with Gasteiger partial charge in [0.1, 0.15) is 12.5 Å². The maximum Gasteiger partial charge on any atom is 0.142 e. The van der Waals surface area contributed by atoms with Gasteiger partial charge in [0.25, 0.3) is 0 Å². The van der Waals surface area contributed by atoms with Crippen LogP contribution in [0, 0.1) is 0 Å². The molecule has 4 rings (SSSR count). The Kier molecular flexibility index (Phi) is 3.90. The molecule has 3 aromatic carbocycles. The number of fused-ring (bicyclic) bond motifs is 3. The molecule has 0 saturated carbocycles. The molecule has 0 fully saturated rings. The van der Waals surface area contributed by atoms with Gasteiger partial charge < -0.3 is 4.74 Å². The van der Waals surface area contributed by atoms with Crippen molar-refractivity contribution in [3.05, 3.63) is 75.8 Å². The lowest BCUT2D eigenvalue weighted by atomic mass is 10.0. The van der Waals surface area contributed by atoms with Crippen molar-refractivity contribution < 1.29 is 4.74 Å². The molecule has 0 saturated heterocycles. The first kappa shape index (κ1) is 14.8. The van der Waals surface area contributed by atoms with Crippen LogP contribution in [-0.4, -0.2) is 11.6 Å². The van der Waals surface area contributed by atoms with E-state index in [0.29, 0.717) is 16.8 Å². The van der Waals surface area contributed by atoms with Crippen LogP contribution in [0.5, 0.6) is 5.75 Å². The Hall–Kier alpha value is -1.74. The molecule has 0 bridgehead atoms. The van der Waals surface area contributed by atoms with Crippen molar-refractivity contribution in [1.82, 2.24) is 4.90 Å². The third kappa shape index (κ3) is 2.90. The second-order valence-electron chi connectivity index (χ2n) is 5.78. The molecule has 4 heteroatoms. The average Bonchev–Trinajstić information content (AvgIpc) is 2.58. The summed E-state index contributed by atoms with van der Waals surface area (Å²) in [6.45, 7) is 2.21. The summed E-state index contributed by atoms with van der Waals surface area (Å²) in [6.07, 6.45) is 0. The van der Waals surface area contributed by atoms with Gasteiger partial charge in [0.2, 0.25) is 0 Å². The van der Waals surface area contributed by atoms with Crippen LogP contribution in [0.25, 0.3) is 10.8 Å². The highest BCUT2D eigenvalue weighted by molar-refractivity contribution is 6.42. The maximum atomic E-state index is 6.10. The third-order valence-corrected chi connectivity index (χ3v) is 4.88. The summed E-state index contributed by atoms with van der Waals surface area (Å²) in [7, 11) is 0. The van der Waals surface area contributed by atoms with Gasteiger partial charge in [0, 0.05) is 24.0 Å². The van der Waals surface area contributed by atoms with Crippen LogP contribution >= 0.6 is 23.2 Å². The Morgan fingerprint density at radius 3 is 2.70 bits per heavy atom. The standard InChI is InChI=1S/C19H15Cl2NO/c20-17-8-5-13(9-18(17)21)10-22-11-15-7-6-14-3-1-2-4-16(14)19(15)23-12-22/h1-9H,10-12H2. The van der Waals surface area contributed by atoms with Crippen LogP contribution < -0.4 is 4.74 Å². The minimum absolute atomic E-state index is 0.571. The number of hydrogen-bond acceptors (Lipinski definition) is 2. The molecule has 23 heavy (non-hydrogen) atoms. The number of halogens is 2. The van der Waals surface area contributed by atoms with Gasteiger partial charge in [-0.3, -0.25) is 4.90 Å². The van der Waals surface area contributed by atoms with E-state index >= 15 is 0 Å². The van der Waals surface area contributed by atoms with E-state index in [1.807, 2.05) is 30.3 Å². The fourth-order valence-electron chi connectivity index (χ4n) is 3.02. The fourth-order valence-corrected chi connectivity index (χ4v) is 3.34. The minimum atomic E-state index is 0.571. The molecule has 0 unspecified atom stereocenters. The predicted molar refractivity (Wildman–Crippen MR) is 95.2 cm³/mol. The topological polar surface area (TPSA) is 12.5 Å². The highest BCUT2D eigenvalue weighted by atomic mass is 35.5. The Balaban J connectivity index is 1.59. The molecule has 3 aromatic rings. The second-order valence-corrected chi connectivity index (χ2v) is 6.60. The van der Waals surface area contributed by atoms with Gasteiger partial charge in [0.15, 0.2) is 0 Å². The molecule has 0 aromatic heterocycles. The van der Waals surface area contributed by atoms with E-state index < -0.39 is 0 Å². The van der Waals surface area contributed by atoms with Crippen molar-refractivity contribution in [3.8, 4) is 5.75 Å². The van der Waals surface area contributed by atoms with Crippen molar-refractivity contribution in [2.75, 3.05) is 6.73 Å². The number of benzene rings is 3. The van der Waals surface area contributed by atoms with E-state index in [2.05, 4.69) is 29.2 Å². The van der Waals surface area contributed by atoms with Gasteiger partial charge >= 0.3 is 0 Å². The lowest BCUT2D eigenvalue weighted by Gasteiger charge is -2.30. The van der Waals surface area contributed by atoms with Crippen LogP contribution in [0.3, 0.4) is 0 Å². The van der Waals surface area contributed by atoms with Crippen LogP contribution in [0.2, 0.25) is 10.0 Å². The zero-order chi connectivity index (χ0) is 15.8. The van der Waals surface area contributed by atoms with Gasteiger partial charge in [-0.1, -0.05) is 65.7 Å². The van der Waals surface area contributed by atoms with Crippen molar-refractivity contribution in [1.29, 1.82) is 0 Å². The first-order valence-corrected chi connectivity index (χ1v) is 8.26. The average molecular weight is 344 g/mol. The molecule has 2 nitrogen and oxygen atoms in total. The van der Waals surface area contributed by atoms with E-state index in [9.17, 15) is 0 Å². The second kappa shape index (κ2) is 6.04. The summed E-state index contributed by atoms with van der Waals surface area (Å²) >= 11 is 12.1. The molecule has 0 amide bonds. The summed E-state index contributed by atoms with van der Waals surface area (Å²) in [5, 5.41) is 3.57. The highest BCUT2D eigenvalue weighted by Crippen LogP contribution is 2.34. The Bertz CT molecular complexity index is 878. The minimum Gasteiger partial charge on any atom is -0.477 e. The van der Waals surface area contributed by atoms with Crippen molar-refractivity contribution in [2.45, 2.75) is 13.1 Å². The summed E-state index contributed by atoms with van der Waals surface area (Å²) in [5.41, 5.74) is 2.35. The molecule has 0 N–H and O–H groups in total. The van der Waals surface area contributed by atoms with Crippen LogP contribution in [0.15, 0.2) is 54.6 Å². The van der Waals surface area contributed by atoms with Crippen molar-refractivity contribution in [3.63, 3.8) is 0 Å². The summed E-state index contributed by atoms with van der Waals surface area (Å²) in [4.78, 5) is 2.25. The van der Waals surface area contributed by atoms with E-state index in [1.54, 1.807) is 0 Å². The van der Waals surface area contributed by atoms with Gasteiger partial charge in [-0.25, -0.2) is 0 Å². The smallest absolute Gasteiger partial charge is 0.142 e. The molecular formula is C19H15Cl2NO. The predicted octanol–water partition coefficient (Wildman–Crippen LogP) is 5.50. The molecule has 1 aliphatic heterocycles. The molecule has 1 aliphatic rings. The summed E-state index contributed by atoms with van der Waals surface area (Å²) in [5.74, 6) is 1.01. The molecule has 0 radical (unpaired) electrons. The lowest BCUT2D eigenvalue weighted by Crippen LogP contribution is -2.31. The molecule has 0 spiro atoms. The number of ether oxygens (including phenoxy) is 1. The zero-order valence-electron chi connectivity index (χ0n) is 12.4. The van der Waals surface area contributed by atoms with E-state index in [0.717, 1.165) is 24.4 Å². The quantitative estimate of drug-likeness (QED) is 0.609. The van der Waals surface area contributed by atoms with Gasteiger partial charge in [0.05, 0.1) is 10.0 Å². The van der Waals surface area contributed by atoms with E-state index in [1.165, 1.54) is 16.3 Å². The summed E-state index contributed by atoms with van der Waals surface area (Å²) < 4.78 is 6.04. The Labute approximate surface area is 145 Å². The monoisotopic (exact) mass is 343 g/mol. The van der Waals surface area contributed by atoms with Gasteiger partial charge in [-0.15, -0.1) is 0 Å². The first-order chi connectivity index (χ1) is 11.2. The third-order valence-electron chi connectivity index (χ3n) is 4.14. The highest BCUT2D eigenvalue weighted by Gasteiger charge is 2.19. The van der Waals surface area contributed by atoms with Crippen LogP contribution in [0.1, 0.15) is 11.1 Å². The van der Waals surface area contributed by atoms with E-state index in [-0.39, 0.29) is 0 Å². The van der Waals surface area contributed by atoms with Gasteiger partial charge in [-0.2, -0.15) is 0 Å². The van der Waals surface area contributed by atoms with Crippen LogP contribution in [0.4, 0.5) is 0 Å². The molecule has 0 aliphatic carbocycles. The molecule has 1 heterocycles. The largest absolute Gasteiger partial charge is 0.477 e. The van der Waals surface area contributed by atoms with Crippen molar-refractivity contribution in [2.24, 2.45) is 0 Å². The summed E-state index contributed by atoms with van der Waals surface area (Å²) in [6, 6.07) is 18.4. The number of nitrogens with zero attached hydrogens (tertiary/aromatic N) is 1.